The zero-order valence-corrected chi connectivity index (χ0v) is 10.5. The maximum Gasteiger partial charge on any atom is 0.142 e. The predicted molar refractivity (Wildman–Crippen MR) is 61.8 cm³/mol. The fraction of sp³-hybridized carbons (Fsp3) is 0.929. The van der Waals surface area contributed by atoms with Crippen molar-refractivity contribution in [3.63, 3.8) is 0 Å². The largest absolute Gasteiger partial charge is 0.392 e. The summed E-state index contributed by atoms with van der Waals surface area (Å²) in [6, 6.07) is 0. The van der Waals surface area contributed by atoms with Gasteiger partial charge >= 0.3 is 0 Å². The summed E-state index contributed by atoms with van der Waals surface area (Å²) in [4.78, 5) is 12.3. The van der Waals surface area contributed by atoms with Crippen LogP contribution in [-0.4, -0.2) is 17.0 Å². The maximum absolute atomic E-state index is 12.3. The van der Waals surface area contributed by atoms with Crippen molar-refractivity contribution in [1.82, 2.24) is 0 Å². The highest BCUT2D eigenvalue weighted by molar-refractivity contribution is 5.89. The molecule has 2 nitrogen and oxygen atoms in total. The van der Waals surface area contributed by atoms with Gasteiger partial charge in [0, 0.05) is 6.42 Å². The van der Waals surface area contributed by atoms with Crippen LogP contribution in [0.15, 0.2) is 0 Å². The second-order valence-corrected chi connectivity index (χ2v) is 6.98. The van der Waals surface area contributed by atoms with Crippen molar-refractivity contribution >= 4 is 5.78 Å². The van der Waals surface area contributed by atoms with Crippen LogP contribution >= 0.6 is 0 Å². The van der Waals surface area contributed by atoms with Gasteiger partial charge in [0.1, 0.15) is 5.78 Å². The summed E-state index contributed by atoms with van der Waals surface area (Å²) in [5, 5.41) is 10.4. The first-order valence-electron chi connectivity index (χ1n) is 6.62. The normalized spacial score (nSPS) is 54.1. The molecule has 0 heterocycles. The van der Waals surface area contributed by atoms with Crippen LogP contribution in [0.1, 0.15) is 46.5 Å². The maximum atomic E-state index is 12.3. The molecule has 0 aromatic heterocycles. The van der Waals surface area contributed by atoms with Crippen LogP contribution in [0.3, 0.4) is 0 Å². The summed E-state index contributed by atoms with van der Waals surface area (Å²) in [7, 11) is 0. The number of aliphatic hydroxyl groups is 1. The second kappa shape index (κ2) is 2.90. The molecule has 3 fully saturated rings. The van der Waals surface area contributed by atoms with E-state index in [1.54, 1.807) is 0 Å². The minimum absolute atomic E-state index is 0.243. The van der Waals surface area contributed by atoms with E-state index in [9.17, 15) is 9.90 Å². The Morgan fingerprint density at radius 3 is 2.75 bits per heavy atom. The van der Waals surface area contributed by atoms with Crippen molar-refractivity contribution in [2.75, 3.05) is 0 Å². The fourth-order valence-corrected chi connectivity index (χ4v) is 5.35. The molecule has 3 rings (SSSR count). The van der Waals surface area contributed by atoms with Crippen molar-refractivity contribution in [3.05, 3.63) is 0 Å². The molecule has 1 N–H and O–H groups in total. The third-order valence-corrected chi connectivity index (χ3v) is 5.86. The van der Waals surface area contributed by atoms with E-state index in [-0.39, 0.29) is 16.9 Å². The molecule has 3 aliphatic carbocycles. The standard InChI is InChI=1S/C14H22O2/c1-8-6-12(16)14-9(8)7-13(2,3)10(14)4-5-11(14)15/h8-10,12,16H,4-7H2,1-3H3/t8-,9-,10+,12-,14?/m1/s1. The van der Waals surface area contributed by atoms with E-state index in [0.29, 0.717) is 30.0 Å². The molecule has 3 saturated carbocycles. The Hall–Kier alpha value is -0.370. The molecule has 5 atom stereocenters. The highest BCUT2D eigenvalue weighted by atomic mass is 16.3. The number of carbonyl (C=O) groups is 1. The van der Waals surface area contributed by atoms with Gasteiger partial charge in [-0.15, -0.1) is 0 Å². The molecule has 0 saturated heterocycles. The fourth-order valence-electron chi connectivity index (χ4n) is 5.35. The Bertz CT molecular complexity index is 347. The van der Waals surface area contributed by atoms with Crippen molar-refractivity contribution in [2.24, 2.45) is 28.6 Å². The first kappa shape index (κ1) is 10.8. The molecule has 0 aromatic rings. The molecule has 0 aromatic carbocycles. The summed E-state index contributed by atoms with van der Waals surface area (Å²) >= 11 is 0. The Balaban J connectivity index is 2.14. The van der Waals surface area contributed by atoms with Crippen molar-refractivity contribution < 1.29 is 9.90 Å². The number of ketones is 1. The van der Waals surface area contributed by atoms with E-state index in [1.165, 1.54) is 0 Å². The van der Waals surface area contributed by atoms with E-state index in [1.807, 2.05) is 0 Å². The van der Waals surface area contributed by atoms with Gasteiger partial charge in [-0.3, -0.25) is 4.79 Å². The van der Waals surface area contributed by atoms with Crippen molar-refractivity contribution in [3.8, 4) is 0 Å². The summed E-state index contributed by atoms with van der Waals surface area (Å²) in [5.41, 5.74) is -0.102. The number of aliphatic hydroxyl groups excluding tert-OH is 1. The van der Waals surface area contributed by atoms with E-state index in [4.69, 9.17) is 0 Å². The van der Waals surface area contributed by atoms with E-state index in [2.05, 4.69) is 20.8 Å². The summed E-state index contributed by atoms with van der Waals surface area (Å²) in [5.74, 6) is 1.75. The predicted octanol–water partition coefficient (Wildman–Crippen LogP) is 2.40. The van der Waals surface area contributed by atoms with E-state index in [0.717, 1.165) is 19.3 Å². The molecule has 0 aliphatic heterocycles. The molecule has 0 amide bonds. The van der Waals surface area contributed by atoms with Gasteiger partial charge < -0.3 is 5.11 Å². The lowest BCUT2D eigenvalue weighted by Gasteiger charge is -2.35. The topological polar surface area (TPSA) is 37.3 Å². The van der Waals surface area contributed by atoms with Crippen LogP contribution in [-0.2, 0) is 4.79 Å². The third kappa shape index (κ3) is 0.958. The molecule has 1 unspecified atom stereocenters. The van der Waals surface area contributed by atoms with Crippen LogP contribution in [0.2, 0.25) is 0 Å². The number of Topliss-reactive ketones (excluding diaryl/α,β-unsaturated/α-hetero) is 1. The van der Waals surface area contributed by atoms with E-state index < -0.39 is 0 Å². The Labute approximate surface area is 97.4 Å². The smallest absolute Gasteiger partial charge is 0.142 e. The molecule has 2 heteroatoms. The number of carbonyl (C=O) groups excluding carboxylic acids is 1. The Kier molecular flexibility index (Phi) is 1.95. The van der Waals surface area contributed by atoms with Crippen molar-refractivity contribution in [1.29, 1.82) is 0 Å². The number of hydrogen-bond acceptors (Lipinski definition) is 2. The summed E-state index contributed by atoms with van der Waals surface area (Å²) < 4.78 is 0. The SMILES string of the molecule is C[C@@H]1C[C@@H](O)C23C(=O)CC[C@H]2C(C)(C)C[C@H]13. The van der Waals surface area contributed by atoms with Gasteiger partial charge in [-0.25, -0.2) is 0 Å². The van der Waals surface area contributed by atoms with Crippen LogP contribution < -0.4 is 0 Å². The van der Waals surface area contributed by atoms with Gasteiger partial charge in [0.25, 0.3) is 0 Å². The lowest BCUT2D eigenvalue weighted by molar-refractivity contribution is -0.134. The van der Waals surface area contributed by atoms with Crippen LogP contribution in [0.25, 0.3) is 0 Å². The minimum atomic E-state index is -0.366. The lowest BCUT2D eigenvalue weighted by Crippen LogP contribution is -2.42. The molecule has 90 valence electrons. The van der Waals surface area contributed by atoms with Crippen LogP contribution in [0.5, 0.6) is 0 Å². The van der Waals surface area contributed by atoms with E-state index >= 15 is 0 Å². The average Bonchev–Trinajstić information content (AvgIpc) is 2.71. The van der Waals surface area contributed by atoms with Gasteiger partial charge in [0.15, 0.2) is 0 Å². The van der Waals surface area contributed by atoms with Crippen molar-refractivity contribution in [2.45, 2.75) is 52.6 Å². The Morgan fingerprint density at radius 1 is 1.38 bits per heavy atom. The second-order valence-electron chi connectivity index (χ2n) is 6.98. The van der Waals surface area contributed by atoms with Gasteiger partial charge in [-0.05, 0) is 42.4 Å². The average molecular weight is 222 g/mol. The highest BCUT2D eigenvalue weighted by Gasteiger charge is 2.71. The molecule has 1 spiro atoms. The Morgan fingerprint density at radius 2 is 2.06 bits per heavy atom. The lowest BCUT2D eigenvalue weighted by atomic mass is 9.69. The molecular weight excluding hydrogens is 200 g/mol. The van der Waals surface area contributed by atoms with Gasteiger partial charge in [0.2, 0.25) is 0 Å². The van der Waals surface area contributed by atoms with Crippen LogP contribution in [0.4, 0.5) is 0 Å². The zero-order valence-electron chi connectivity index (χ0n) is 10.5. The zero-order chi connectivity index (χ0) is 11.7. The third-order valence-electron chi connectivity index (χ3n) is 5.86. The van der Waals surface area contributed by atoms with Gasteiger partial charge in [-0.1, -0.05) is 20.8 Å². The minimum Gasteiger partial charge on any atom is -0.392 e. The molecular formula is C14H22O2. The first-order chi connectivity index (χ1) is 7.40. The summed E-state index contributed by atoms with van der Waals surface area (Å²) in [6.45, 7) is 6.79. The molecule has 0 bridgehead atoms. The molecule has 3 aliphatic rings. The quantitative estimate of drug-likeness (QED) is 0.683. The van der Waals surface area contributed by atoms with Gasteiger partial charge in [-0.2, -0.15) is 0 Å². The monoisotopic (exact) mass is 222 g/mol. The molecule has 0 radical (unpaired) electrons. The number of hydrogen-bond donors (Lipinski definition) is 1. The molecule has 16 heavy (non-hydrogen) atoms. The first-order valence-corrected chi connectivity index (χ1v) is 6.62. The van der Waals surface area contributed by atoms with Gasteiger partial charge in [0.05, 0.1) is 11.5 Å². The number of rotatable bonds is 0. The van der Waals surface area contributed by atoms with Crippen LogP contribution in [0, 0.1) is 28.6 Å². The highest BCUT2D eigenvalue weighted by Crippen LogP contribution is 2.70. The summed E-state index contributed by atoms with van der Waals surface area (Å²) in [6.07, 6.45) is 3.31.